The van der Waals surface area contributed by atoms with Crippen molar-refractivity contribution in [3.8, 4) is 24.2 Å². The number of nitrogens with zero attached hydrogens (tertiary/aromatic N) is 2. The molecule has 0 radical (unpaired) electrons. The van der Waals surface area contributed by atoms with Crippen LogP contribution < -0.4 is 0 Å². The lowest BCUT2D eigenvalue weighted by molar-refractivity contribution is 0.568. The van der Waals surface area contributed by atoms with E-state index in [0.717, 1.165) is 5.56 Å². The summed E-state index contributed by atoms with van der Waals surface area (Å²) in [6.07, 6.45) is 8.54. The zero-order chi connectivity index (χ0) is 18.0. The van der Waals surface area contributed by atoms with Crippen LogP contribution in [0.1, 0.15) is 69.6 Å². The molecule has 0 aliphatic carbocycles. The first-order valence-corrected chi connectivity index (χ1v) is 8.06. The number of aromatic nitrogens is 2. The van der Waals surface area contributed by atoms with Crippen LogP contribution in [0.15, 0.2) is 30.6 Å². The monoisotopic (exact) mass is 316 g/mol. The van der Waals surface area contributed by atoms with E-state index in [0.29, 0.717) is 11.4 Å². The van der Waals surface area contributed by atoms with Crippen molar-refractivity contribution in [2.45, 2.75) is 52.4 Å². The van der Waals surface area contributed by atoms with Gasteiger partial charge in [-0.05, 0) is 40.0 Å². The summed E-state index contributed by atoms with van der Waals surface area (Å²) >= 11 is 0. The van der Waals surface area contributed by atoms with E-state index in [1.54, 1.807) is 12.4 Å². The predicted octanol–water partition coefficient (Wildman–Crippen LogP) is 4.45. The van der Waals surface area contributed by atoms with Crippen molar-refractivity contribution in [2.75, 3.05) is 0 Å². The van der Waals surface area contributed by atoms with Gasteiger partial charge in [-0.1, -0.05) is 59.4 Å². The van der Waals surface area contributed by atoms with Crippen molar-refractivity contribution in [1.82, 2.24) is 9.97 Å². The molecular weight excluding hydrogens is 292 g/mol. The molecule has 1 aromatic heterocycles. The summed E-state index contributed by atoms with van der Waals surface area (Å²) in [4.78, 5) is 8.36. The number of rotatable bonds is 0. The molecule has 0 unspecified atom stereocenters. The molecule has 0 atom stereocenters. The molecule has 0 aliphatic rings. The maximum Gasteiger partial charge on any atom is 0.205 e. The molecule has 0 aliphatic heterocycles. The minimum absolute atomic E-state index is 0.0721. The number of terminal acetylenes is 1. The lowest BCUT2D eigenvalue weighted by atomic mass is 9.79. The van der Waals surface area contributed by atoms with Crippen molar-refractivity contribution in [2.24, 2.45) is 0 Å². The van der Waals surface area contributed by atoms with E-state index in [-0.39, 0.29) is 10.8 Å². The van der Waals surface area contributed by atoms with Crippen molar-refractivity contribution >= 4 is 0 Å². The van der Waals surface area contributed by atoms with E-state index in [1.807, 2.05) is 0 Å². The van der Waals surface area contributed by atoms with Crippen LogP contribution in [0.3, 0.4) is 0 Å². The van der Waals surface area contributed by atoms with Gasteiger partial charge in [-0.2, -0.15) is 0 Å². The Kier molecular flexibility index (Phi) is 4.81. The summed E-state index contributed by atoms with van der Waals surface area (Å²) in [5.74, 6) is 9.21. The fourth-order valence-electron chi connectivity index (χ4n) is 2.16. The van der Waals surface area contributed by atoms with Gasteiger partial charge in [-0.3, -0.25) is 0 Å². The summed E-state index contributed by atoms with van der Waals surface area (Å²) < 4.78 is 0. The summed E-state index contributed by atoms with van der Waals surface area (Å²) in [6.45, 7) is 13.3. The van der Waals surface area contributed by atoms with Crippen LogP contribution >= 0.6 is 0 Å². The smallest absolute Gasteiger partial charge is 0.205 e. The fraction of sp³-hybridized carbons (Fsp3) is 0.364. The van der Waals surface area contributed by atoms with Crippen molar-refractivity contribution < 1.29 is 0 Å². The first kappa shape index (κ1) is 17.8. The molecule has 0 amide bonds. The minimum atomic E-state index is 0.0721. The van der Waals surface area contributed by atoms with E-state index >= 15 is 0 Å². The van der Waals surface area contributed by atoms with E-state index < -0.39 is 0 Å². The Bertz CT molecular complexity index is 795. The third kappa shape index (κ3) is 4.46. The van der Waals surface area contributed by atoms with Gasteiger partial charge < -0.3 is 0 Å². The fourth-order valence-corrected chi connectivity index (χ4v) is 2.16. The third-order valence-corrected chi connectivity index (χ3v) is 3.80. The Morgan fingerprint density at radius 1 is 0.750 bits per heavy atom. The molecule has 0 fully saturated rings. The first-order valence-electron chi connectivity index (χ1n) is 8.06. The highest BCUT2D eigenvalue weighted by Crippen LogP contribution is 2.30. The van der Waals surface area contributed by atoms with E-state index in [9.17, 15) is 0 Å². The maximum absolute atomic E-state index is 5.31. The standard InChI is InChI=1S/C22H24N2/c1-8-16-14-23-20(24-15-16)10-9-17-11-18(21(2,3)4)13-19(12-17)22(5,6)7/h1,11-15H,2-7H3. The van der Waals surface area contributed by atoms with Crippen LogP contribution in [-0.4, -0.2) is 9.97 Å². The molecule has 24 heavy (non-hydrogen) atoms. The second-order valence-corrected chi connectivity index (χ2v) is 7.99. The molecule has 0 saturated heterocycles. The lowest BCUT2D eigenvalue weighted by Gasteiger charge is -2.25. The molecule has 2 rings (SSSR count). The molecule has 122 valence electrons. The zero-order valence-corrected chi connectivity index (χ0v) is 15.4. The minimum Gasteiger partial charge on any atom is -0.228 e. The highest BCUT2D eigenvalue weighted by Gasteiger charge is 2.20. The van der Waals surface area contributed by atoms with Crippen molar-refractivity contribution in [3.05, 3.63) is 58.7 Å². The SMILES string of the molecule is C#Cc1cnc(C#Cc2cc(C(C)(C)C)cc(C(C)(C)C)c2)nc1. The van der Waals surface area contributed by atoms with Crippen LogP contribution in [-0.2, 0) is 10.8 Å². The summed E-state index contributed by atoms with van der Waals surface area (Å²) in [6, 6.07) is 6.58. The molecule has 1 aromatic carbocycles. The van der Waals surface area contributed by atoms with E-state index in [2.05, 4.69) is 87.5 Å². The first-order chi connectivity index (χ1) is 11.1. The molecule has 2 heteroatoms. The van der Waals surface area contributed by atoms with Gasteiger partial charge in [0.25, 0.3) is 0 Å². The molecule has 1 heterocycles. The average molecular weight is 316 g/mol. The Morgan fingerprint density at radius 3 is 1.67 bits per heavy atom. The summed E-state index contributed by atoms with van der Waals surface area (Å²) in [5, 5.41) is 0. The quantitative estimate of drug-likeness (QED) is 0.671. The predicted molar refractivity (Wildman–Crippen MR) is 99.8 cm³/mol. The molecule has 0 spiro atoms. The second-order valence-electron chi connectivity index (χ2n) is 7.99. The number of hydrogen-bond donors (Lipinski definition) is 0. The Morgan fingerprint density at radius 2 is 1.25 bits per heavy atom. The second kappa shape index (κ2) is 6.50. The normalized spacial score (nSPS) is 11.4. The van der Waals surface area contributed by atoms with E-state index in [4.69, 9.17) is 6.42 Å². The topological polar surface area (TPSA) is 25.8 Å². The Balaban J connectivity index is 2.46. The summed E-state index contributed by atoms with van der Waals surface area (Å²) in [5.41, 5.74) is 4.35. The van der Waals surface area contributed by atoms with Gasteiger partial charge >= 0.3 is 0 Å². The van der Waals surface area contributed by atoms with Gasteiger partial charge in [0, 0.05) is 18.0 Å². The number of hydrogen-bond acceptors (Lipinski definition) is 2. The average Bonchev–Trinajstić information content (AvgIpc) is 2.51. The third-order valence-electron chi connectivity index (χ3n) is 3.80. The van der Waals surface area contributed by atoms with Crippen LogP contribution in [0.4, 0.5) is 0 Å². The molecule has 0 N–H and O–H groups in total. The van der Waals surface area contributed by atoms with Crippen LogP contribution in [0.25, 0.3) is 0 Å². The molecule has 0 bridgehead atoms. The lowest BCUT2D eigenvalue weighted by Crippen LogP contribution is -2.16. The van der Waals surface area contributed by atoms with Gasteiger partial charge in [0.05, 0.1) is 5.56 Å². The van der Waals surface area contributed by atoms with Gasteiger partial charge in [0.2, 0.25) is 5.82 Å². The largest absolute Gasteiger partial charge is 0.228 e. The Hall–Kier alpha value is -2.58. The van der Waals surface area contributed by atoms with Gasteiger partial charge in [-0.15, -0.1) is 6.42 Å². The Labute approximate surface area is 145 Å². The molecule has 2 nitrogen and oxygen atoms in total. The summed E-state index contributed by atoms with van der Waals surface area (Å²) in [7, 11) is 0. The highest BCUT2D eigenvalue weighted by molar-refractivity contribution is 5.46. The van der Waals surface area contributed by atoms with Crippen LogP contribution in [0.2, 0.25) is 0 Å². The number of benzene rings is 1. The van der Waals surface area contributed by atoms with Crippen molar-refractivity contribution in [3.63, 3.8) is 0 Å². The van der Waals surface area contributed by atoms with Gasteiger partial charge in [0.1, 0.15) is 0 Å². The van der Waals surface area contributed by atoms with Crippen LogP contribution in [0.5, 0.6) is 0 Å². The van der Waals surface area contributed by atoms with Crippen molar-refractivity contribution in [1.29, 1.82) is 0 Å². The molecule has 0 saturated carbocycles. The highest BCUT2D eigenvalue weighted by atomic mass is 14.8. The van der Waals surface area contributed by atoms with Gasteiger partial charge in [0.15, 0.2) is 0 Å². The molecule has 2 aromatic rings. The van der Waals surface area contributed by atoms with Gasteiger partial charge in [-0.25, -0.2) is 9.97 Å². The van der Waals surface area contributed by atoms with Crippen LogP contribution in [0, 0.1) is 24.2 Å². The maximum atomic E-state index is 5.31. The van der Waals surface area contributed by atoms with E-state index in [1.165, 1.54) is 11.1 Å². The molecular formula is C22H24N2. The zero-order valence-electron chi connectivity index (χ0n) is 15.4.